The molecular weight excluding hydrogens is 435 g/mol. The number of likely N-dealkylation sites (tertiary alicyclic amines) is 1. The Hall–Kier alpha value is -3.74. The highest BCUT2D eigenvalue weighted by Crippen LogP contribution is 2.37. The molecule has 10 heteroatoms. The Morgan fingerprint density at radius 3 is 2.39 bits per heavy atom. The molecule has 0 atom stereocenters. The van der Waals surface area contributed by atoms with E-state index in [0.717, 1.165) is 11.8 Å². The van der Waals surface area contributed by atoms with E-state index in [9.17, 15) is 18.0 Å². The maximum absolute atomic E-state index is 13.2. The molecule has 1 saturated heterocycles. The predicted molar refractivity (Wildman–Crippen MR) is 115 cm³/mol. The number of hydrogen-bond acceptors (Lipinski definition) is 6. The number of likely N-dealkylation sites (N-methyl/N-ethyl adjacent to an activating group) is 1. The van der Waals surface area contributed by atoms with Crippen LogP contribution < -0.4 is 9.75 Å². The second-order valence-electron chi connectivity index (χ2n) is 7.92. The normalized spacial score (nSPS) is 17.6. The maximum Gasteiger partial charge on any atom is 0.419 e. The van der Waals surface area contributed by atoms with Gasteiger partial charge in [0.2, 0.25) is 5.84 Å². The van der Waals surface area contributed by atoms with E-state index in [1.807, 2.05) is 4.90 Å². The van der Waals surface area contributed by atoms with Gasteiger partial charge in [-0.2, -0.15) is 18.4 Å². The average Bonchev–Trinajstić information content (AvgIpc) is 2.81. The molecule has 0 N–H and O–H groups in total. The predicted octanol–water partition coefficient (Wildman–Crippen LogP) is 3.67. The lowest BCUT2D eigenvalue weighted by atomic mass is 10.1. The number of nitriles is 1. The van der Waals surface area contributed by atoms with Gasteiger partial charge in [-0.05, 0) is 36.4 Å². The molecule has 0 radical (unpaired) electrons. The zero-order chi connectivity index (χ0) is 23.6. The molecule has 0 bridgehead atoms. The molecule has 4 rings (SSSR count). The van der Waals surface area contributed by atoms with Gasteiger partial charge in [-0.15, -0.1) is 5.10 Å². The second kappa shape index (κ2) is 9.02. The summed E-state index contributed by atoms with van der Waals surface area (Å²) in [5.41, 5.74) is 0.477. The number of hydrogen-bond donors (Lipinski definition) is 0. The Labute approximate surface area is 189 Å². The summed E-state index contributed by atoms with van der Waals surface area (Å²) in [6, 6.07) is 14.1. The average molecular weight is 457 g/mol. The topological polar surface area (TPSA) is 72.2 Å². The maximum atomic E-state index is 13.2. The van der Waals surface area contributed by atoms with Crippen LogP contribution in [-0.4, -0.2) is 54.5 Å². The van der Waals surface area contributed by atoms with Crippen LogP contribution in [0, 0.1) is 11.3 Å². The highest BCUT2D eigenvalue weighted by atomic mass is 19.4. The van der Waals surface area contributed by atoms with Crippen molar-refractivity contribution in [2.24, 2.45) is 5.10 Å². The summed E-state index contributed by atoms with van der Waals surface area (Å²) in [5, 5.41) is 15.2. The van der Waals surface area contributed by atoms with Crippen LogP contribution in [-0.2, 0) is 11.0 Å². The third-order valence-electron chi connectivity index (χ3n) is 5.62. The van der Waals surface area contributed by atoms with E-state index < -0.39 is 17.8 Å². The number of benzene rings is 2. The van der Waals surface area contributed by atoms with Crippen LogP contribution in [0.4, 0.5) is 18.9 Å². The minimum Gasteiger partial charge on any atom is -0.490 e. The molecule has 0 spiro atoms. The van der Waals surface area contributed by atoms with Crippen LogP contribution in [0.25, 0.3) is 0 Å². The van der Waals surface area contributed by atoms with Gasteiger partial charge >= 0.3 is 6.18 Å². The van der Waals surface area contributed by atoms with Crippen molar-refractivity contribution in [3.8, 4) is 11.8 Å². The lowest BCUT2D eigenvalue weighted by Gasteiger charge is -2.38. The van der Waals surface area contributed by atoms with Crippen LogP contribution in [0.15, 0.2) is 53.6 Å². The summed E-state index contributed by atoms with van der Waals surface area (Å²) in [4.78, 5) is 16.1. The number of piperidine rings is 1. The molecule has 2 aromatic carbocycles. The number of carbonyl (C=O) groups is 1. The number of amidine groups is 1. The van der Waals surface area contributed by atoms with Gasteiger partial charge < -0.3 is 14.5 Å². The number of para-hydroxylation sites is 1. The highest BCUT2D eigenvalue weighted by Gasteiger charge is 2.36. The molecule has 7 nitrogen and oxygen atoms in total. The van der Waals surface area contributed by atoms with E-state index in [-0.39, 0.29) is 24.2 Å². The first-order chi connectivity index (χ1) is 15.8. The number of carbonyl (C=O) groups excluding carboxylic acids is 1. The molecule has 1 fully saturated rings. The number of nitrogens with zero attached hydrogens (tertiary/aromatic N) is 5. The lowest BCUT2D eigenvalue weighted by molar-refractivity contribution is -0.139. The standard InChI is InChI=1S/C23H22F3N5O2/c1-29-15-31(17-8-6-16(14-27)7-9-17)28-21(22(29)32)30-12-10-18(11-13-30)33-20-5-3-2-4-19(20)23(24,25)26/h2-9,18H,10-13,15H2,1H3. The molecule has 0 saturated carbocycles. The molecule has 0 aliphatic carbocycles. The fourth-order valence-electron chi connectivity index (χ4n) is 3.84. The molecule has 0 aromatic heterocycles. The van der Waals surface area contributed by atoms with Crippen LogP contribution in [0.2, 0.25) is 0 Å². The molecule has 0 unspecified atom stereocenters. The summed E-state index contributed by atoms with van der Waals surface area (Å²) in [5.74, 6) is -0.120. The van der Waals surface area contributed by atoms with Crippen molar-refractivity contribution in [2.45, 2.75) is 25.1 Å². The number of anilines is 1. The number of ether oxygens (including phenoxy) is 1. The summed E-state index contributed by atoms with van der Waals surface area (Å²) >= 11 is 0. The van der Waals surface area contributed by atoms with Gasteiger partial charge in [0.25, 0.3) is 5.91 Å². The zero-order valence-corrected chi connectivity index (χ0v) is 17.9. The fraction of sp³-hybridized carbons (Fsp3) is 0.348. The Balaban J connectivity index is 1.45. The van der Waals surface area contributed by atoms with E-state index in [1.54, 1.807) is 41.2 Å². The third kappa shape index (κ3) is 4.87. The van der Waals surface area contributed by atoms with Crippen molar-refractivity contribution in [1.82, 2.24) is 9.80 Å². The van der Waals surface area contributed by atoms with Gasteiger partial charge in [-0.1, -0.05) is 12.1 Å². The summed E-state index contributed by atoms with van der Waals surface area (Å²) < 4.78 is 45.4. The largest absolute Gasteiger partial charge is 0.490 e. The minimum atomic E-state index is -4.49. The molecule has 33 heavy (non-hydrogen) atoms. The third-order valence-corrected chi connectivity index (χ3v) is 5.62. The van der Waals surface area contributed by atoms with Gasteiger partial charge in [0.05, 0.1) is 22.9 Å². The minimum absolute atomic E-state index is 0.179. The smallest absolute Gasteiger partial charge is 0.419 e. The quantitative estimate of drug-likeness (QED) is 0.703. The molecule has 2 heterocycles. The number of alkyl halides is 3. The van der Waals surface area contributed by atoms with Gasteiger partial charge in [0, 0.05) is 33.0 Å². The van der Waals surface area contributed by atoms with Gasteiger partial charge in [-0.3, -0.25) is 4.79 Å². The van der Waals surface area contributed by atoms with Crippen molar-refractivity contribution >= 4 is 17.4 Å². The SMILES string of the molecule is CN1CN(c2ccc(C#N)cc2)N=C(N2CCC(Oc3ccccc3C(F)(F)F)CC2)C1=O. The van der Waals surface area contributed by atoms with Crippen molar-refractivity contribution in [1.29, 1.82) is 5.26 Å². The van der Waals surface area contributed by atoms with Crippen LogP contribution in [0.5, 0.6) is 5.75 Å². The van der Waals surface area contributed by atoms with E-state index in [0.29, 0.717) is 31.5 Å². The van der Waals surface area contributed by atoms with Crippen LogP contribution in [0.1, 0.15) is 24.0 Å². The Morgan fingerprint density at radius 2 is 1.76 bits per heavy atom. The van der Waals surface area contributed by atoms with Crippen LogP contribution >= 0.6 is 0 Å². The van der Waals surface area contributed by atoms with Gasteiger partial charge in [0.1, 0.15) is 18.5 Å². The molecular formula is C23H22F3N5O2. The molecule has 2 aliphatic rings. The number of hydrazone groups is 1. The number of halogens is 3. The Kier molecular flexibility index (Phi) is 6.14. The van der Waals surface area contributed by atoms with Crippen molar-refractivity contribution in [3.05, 3.63) is 59.7 Å². The van der Waals surface area contributed by atoms with E-state index >= 15 is 0 Å². The first kappa shape index (κ1) is 22.5. The van der Waals surface area contributed by atoms with Crippen molar-refractivity contribution in [3.63, 3.8) is 0 Å². The van der Waals surface area contributed by atoms with Gasteiger partial charge in [0.15, 0.2) is 0 Å². The summed E-state index contributed by atoms with van der Waals surface area (Å²) in [6.07, 6.45) is -3.96. The van der Waals surface area contributed by atoms with Crippen LogP contribution in [0.3, 0.4) is 0 Å². The van der Waals surface area contributed by atoms with Crippen molar-refractivity contribution < 1.29 is 22.7 Å². The Morgan fingerprint density at radius 1 is 1.09 bits per heavy atom. The Bertz CT molecular complexity index is 1090. The van der Waals surface area contributed by atoms with E-state index in [2.05, 4.69) is 11.2 Å². The molecule has 2 aliphatic heterocycles. The summed E-state index contributed by atoms with van der Waals surface area (Å²) in [6.45, 7) is 1.12. The van der Waals surface area contributed by atoms with Crippen molar-refractivity contribution in [2.75, 3.05) is 31.8 Å². The number of amides is 1. The molecule has 172 valence electrons. The highest BCUT2D eigenvalue weighted by molar-refractivity contribution is 6.38. The fourth-order valence-corrected chi connectivity index (χ4v) is 3.84. The first-order valence-electron chi connectivity index (χ1n) is 10.5. The summed E-state index contributed by atoms with van der Waals surface area (Å²) in [7, 11) is 1.68. The van der Waals surface area contributed by atoms with E-state index in [1.165, 1.54) is 18.2 Å². The van der Waals surface area contributed by atoms with E-state index in [4.69, 9.17) is 10.00 Å². The monoisotopic (exact) mass is 457 g/mol. The van der Waals surface area contributed by atoms with Gasteiger partial charge in [-0.25, -0.2) is 5.01 Å². The number of rotatable bonds is 3. The lowest BCUT2D eigenvalue weighted by Crippen LogP contribution is -2.54. The molecule has 1 amide bonds. The zero-order valence-electron chi connectivity index (χ0n) is 17.9. The second-order valence-corrected chi connectivity index (χ2v) is 7.92. The molecule has 2 aromatic rings. The first-order valence-corrected chi connectivity index (χ1v) is 10.5.